The summed E-state index contributed by atoms with van der Waals surface area (Å²) in [6.45, 7) is 11.1. The van der Waals surface area contributed by atoms with E-state index in [4.69, 9.17) is 9.72 Å². The Bertz CT molecular complexity index is 1100. The molecule has 36 heavy (non-hydrogen) atoms. The van der Waals surface area contributed by atoms with Gasteiger partial charge in [-0.25, -0.2) is 4.79 Å². The molecule has 11 heteroatoms. The van der Waals surface area contributed by atoms with E-state index in [0.717, 1.165) is 41.5 Å². The molecule has 10 nitrogen and oxygen atoms in total. The number of nitrogens with zero attached hydrogens (tertiary/aromatic N) is 6. The zero-order valence-electron chi connectivity index (χ0n) is 21.4. The maximum absolute atomic E-state index is 13.5. The Labute approximate surface area is 215 Å². The molecule has 4 heterocycles. The number of piperazine rings is 1. The summed E-state index contributed by atoms with van der Waals surface area (Å²) in [4.78, 5) is 49.3. The average molecular weight is 515 g/mol. The second-order valence-electron chi connectivity index (χ2n) is 9.57. The summed E-state index contributed by atoms with van der Waals surface area (Å²) in [6.07, 6.45) is 1.14. The fourth-order valence-corrected chi connectivity index (χ4v) is 5.56. The summed E-state index contributed by atoms with van der Waals surface area (Å²) in [5.41, 5.74) is 3.04. The topological polar surface area (TPSA) is 109 Å². The van der Waals surface area contributed by atoms with Gasteiger partial charge in [-0.2, -0.15) is 0 Å². The van der Waals surface area contributed by atoms with E-state index in [1.165, 1.54) is 0 Å². The molecule has 0 bridgehead atoms. The van der Waals surface area contributed by atoms with Crippen LogP contribution in [-0.4, -0.2) is 93.1 Å². The number of hydrogen-bond acceptors (Lipinski definition) is 8. The number of carbonyl (C=O) groups is 3. The van der Waals surface area contributed by atoms with Crippen LogP contribution < -0.4 is 0 Å². The lowest BCUT2D eigenvalue weighted by molar-refractivity contribution is 0.0567. The Hall–Kier alpha value is -3.08. The van der Waals surface area contributed by atoms with Gasteiger partial charge in [-0.15, -0.1) is 5.10 Å². The molecule has 0 radical (unpaired) electrons. The minimum Gasteiger partial charge on any atom is -0.450 e. The highest BCUT2D eigenvalue weighted by Crippen LogP contribution is 2.32. The summed E-state index contributed by atoms with van der Waals surface area (Å²) >= 11 is 1.16. The van der Waals surface area contributed by atoms with Gasteiger partial charge in [-0.3, -0.25) is 14.6 Å². The fourth-order valence-electron chi connectivity index (χ4n) is 4.77. The van der Waals surface area contributed by atoms with Crippen LogP contribution in [0.2, 0.25) is 0 Å². The van der Waals surface area contributed by atoms with Gasteiger partial charge < -0.3 is 19.4 Å². The molecule has 2 fully saturated rings. The quantitative estimate of drug-likeness (QED) is 0.602. The predicted octanol–water partition coefficient (Wildman–Crippen LogP) is 3.30. The number of pyridine rings is 1. The number of rotatable bonds is 5. The van der Waals surface area contributed by atoms with Gasteiger partial charge in [-0.05, 0) is 56.3 Å². The molecule has 0 atom stereocenters. The molecule has 0 saturated carbocycles. The smallest absolute Gasteiger partial charge is 0.409 e. The van der Waals surface area contributed by atoms with Gasteiger partial charge in [0.1, 0.15) is 4.88 Å². The third-order valence-electron chi connectivity index (χ3n) is 6.81. The molecule has 3 amide bonds. The molecule has 0 spiro atoms. The number of carbonyl (C=O) groups excluding carboxylic acids is 3. The molecule has 4 rings (SSSR count). The Morgan fingerprint density at radius 3 is 2.28 bits per heavy atom. The van der Waals surface area contributed by atoms with Crippen molar-refractivity contribution in [1.29, 1.82) is 0 Å². The standard InChI is InChI=1S/C25H34N6O4S/c1-5-35-25(34)31-14-12-30(13-15-31)23(32)19-7-6-17(4)26-21(19)18-8-10-29(11-9-18)24(33)22-20(16(2)3)27-28-36-22/h6-7,16,18H,5,8-15H2,1-4H3. The number of hydrogen-bond donors (Lipinski definition) is 0. The molecule has 2 aromatic rings. The average Bonchev–Trinajstić information content (AvgIpc) is 3.39. The van der Waals surface area contributed by atoms with Gasteiger partial charge in [0.15, 0.2) is 0 Å². The van der Waals surface area contributed by atoms with Gasteiger partial charge >= 0.3 is 6.09 Å². The summed E-state index contributed by atoms with van der Waals surface area (Å²) in [7, 11) is 0. The van der Waals surface area contributed by atoms with Crippen molar-refractivity contribution in [2.45, 2.75) is 52.4 Å². The highest BCUT2D eigenvalue weighted by Gasteiger charge is 2.32. The summed E-state index contributed by atoms with van der Waals surface area (Å²) in [5, 5.41) is 4.14. The first-order valence-corrected chi connectivity index (χ1v) is 13.4. The summed E-state index contributed by atoms with van der Waals surface area (Å²) in [6, 6.07) is 3.74. The van der Waals surface area contributed by atoms with Gasteiger partial charge in [0.2, 0.25) is 0 Å². The van der Waals surface area contributed by atoms with Crippen molar-refractivity contribution in [3.05, 3.63) is 39.7 Å². The highest BCUT2D eigenvalue weighted by molar-refractivity contribution is 7.08. The number of likely N-dealkylation sites (tertiary alicyclic amines) is 1. The largest absolute Gasteiger partial charge is 0.450 e. The first-order chi connectivity index (χ1) is 17.3. The minimum absolute atomic E-state index is 0.0138. The molecule has 2 saturated heterocycles. The van der Waals surface area contributed by atoms with E-state index in [1.54, 1.807) is 16.7 Å². The number of ether oxygens (including phenoxy) is 1. The SMILES string of the molecule is CCOC(=O)N1CCN(C(=O)c2ccc(C)nc2C2CCN(C(=O)c3snnc3C(C)C)CC2)CC1. The molecule has 2 aliphatic heterocycles. The Morgan fingerprint density at radius 1 is 1.00 bits per heavy atom. The number of amides is 3. The zero-order chi connectivity index (χ0) is 25.8. The van der Waals surface area contributed by atoms with Gasteiger partial charge in [-0.1, -0.05) is 18.3 Å². The van der Waals surface area contributed by atoms with E-state index in [-0.39, 0.29) is 29.7 Å². The van der Waals surface area contributed by atoms with Crippen molar-refractivity contribution in [2.75, 3.05) is 45.9 Å². The third kappa shape index (κ3) is 5.50. The molecule has 0 unspecified atom stereocenters. The van der Waals surface area contributed by atoms with Crippen molar-refractivity contribution in [1.82, 2.24) is 29.3 Å². The van der Waals surface area contributed by atoms with Crippen LogP contribution >= 0.6 is 11.5 Å². The van der Waals surface area contributed by atoms with E-state index in [0.29, 0.717) is 56.3 Å². The molecule has 194 valence electrons. The predicted molar refractivity (Wildman–Crippen MR) is 135 cm³/mol. The van der Waals surface area contributed by atoms with Crippen molar-refractivity contribution in [2.24, 2.45) is 0 Å². The lowest BCUT2D eigenvalue weighted by atomic mass is 9.89. The van der Waals surface area contributed by atoms with E-state index in [9.17, 15) is 14.4 Å². The number of aromatic nitrogens is 3. The Kier molecular flexibility index (Phi) is 8.17. The molecule has 2 aliphatic rings. The summed E-state index contributed by atoms with van der Waals surface area (Å²) < 4.78 is 9.07. The zero-order valence-corrected chi connectivity index (χ0v) is 22.2. The van der Waals surface area contributed by atoms with Crippen LogP contribution in [0.3, 0.4) is 0 Å². The first kappa shape index (κ1) is 26.0. The molecular weight excluding hydrogens is 480 g/mol. The van der Waals surface area contributed by atoms with Crippen molar-refractivity contribution in [3.8, 4) is 0 Å². The molecule has 2 aromatic heterocycles. The Morgan fingerprint density at radius 2 is 1.64 bits per heavy atom. The third-order valence-corrected chi connectivity index (χ3v) is 7.54. The lowest BCUT2D eigenvalue weighted by Crippen LogP contribution is -2.51. The van der Waals surface area contributed by atoms with Crippen LogP contribution in [0, 0.1) is 6.92 Å². The Balaban J connectivity index is 1.43. The maximum atomic E-state index is 13.5. The van der Waals surface area contributed by atoms with Crippen LogP contribution in [0.4, 0.5) is 4.79 Å². The fraction of sp³-hybridized carbons (Fsp3) is 0.600. The van der Waals surface area contributed by atoms with E-state index >= 15 is 0 Å². The van der Waals surface area contributed by atoms with Crippen LogP contribution in [0.15, 0.2) is 12.1 Å². The van der Waals surface area contributed by atoms with Crippen molar-refractivity contribution >= 4 is 29.4 Å². The van der Waals surface area contributed by atoms with Gasteiger partial charge in [0.05, 0.1) is 23.6 Å². The van der Waals surface area contributed by atoms with Crippen LogP contribution in [-0.2, 0) is 4.74 Å². The van der Waals surface area contributed by atoms with Crippen LogP contribution in [0.1, 0.15) is 82.6 Å². The molecule has 0 N–H and O–H groups in total. The second-order valence-corrected chi connectivity index (χ2v) is 10.3. The van der Waals surface area contributed by atoms with E-state index in [2.05, 4.69) is 9.59 Å². The van der Waals surface area contributed by atoms with Crippen LogP contribution in [0.5, 0.6) is 0 Å². The minimum atomic E-state index is -0.335. The number of piperidine rings is 1. The normalized spacial score (nSPS) is 17.0. The summed E-state index contributed by atoms with van der Waals surface area (Å²) in [5.74, 6) is 0.166. The second kappa shape index (κ2) is 11.3. The first-order valence-electron chi connectivity index (χ1n) is 12.6. The van der Waals surface area contributed by atoms with Crippen molar-refractivity contribution in [3.63, 3.8) is 0 Å². The molecule has 0 aromatic carbocycles. The monoisotopic (exact) mass is 514 g/mol. The maximum Gasteiger partial charge on any atom is 0.409 e. The van der Waals surface area contributed by atoms with E-state index < -0.39 is 0 Å². The number of aryl methyl sites for hydroxylation is 1. The highest BCUT2D eigenvalue weighted by atomic mass is 32.1. The van der Waals surface area contributed by atoms with Gasteiger partial charge in [0, 0.05) is 50.9 Å². The molecule has 0 aliphatic carbocycles. The van der Waals surface area contributed by atoms with Gasteiger partial charge in [0.25, 0.3) is 11.8 Å². The van der Waals surface area contributed by atoms with Crippen molar-refractivity contribution < 1.29 is 19.1 Å². The van der Waals surface area contributed by atoms with Crippen LogP contribution in [0.25, 0.3) is 0 Å². The molecular formula is C25H34N6O4S. The van der Waals surface area contributed by atoms with E-state index in [1.807, 2.05) is 37.8 Å². The lowest BCUT2D eigenvalue weighted by Gasteiger charge is -2.35.